The average Bonchev–Trinajstić information content (AvgIpc) is 2.54. The summed E-state index contributed by atoms with van der Waals surface area (Å²) in [6, 6.07) is 1.50. The maximum atomic E-state index is 12.7. The van der Waals surface area contributed by atoms with Gasteiger partial charge in [-0.15, -0.1) is 0 Å². The molecule has 4 nitrogen and oxygen atoms in total. The molecule has 6 heteroatoms. The molecule has 0 saturated heterocycles. The van der Waals surface area contributed by atoms with Gasteiger partial charge in [-0.3, -0.25) is 14.6 Å². The molecule has 26 heavy (non-hydrogen) atoms. The van der Waals surface area contributed by atoms with Gasteiger partial charge in [0.25, 0.3) is 5.56 Å². The zero-order chi connectivity index (χ0) is 19.7. The molecular weight excluding hydrogens is 364 g/mol. The van der Waals surface area contributed by atoms with Gasteiger partial charge >= 0.3 is 0 Å². The van der Waals surface area contributed by atoms with Crippen LogP contribution in [-0.2, 0) is 11.3 Å². The minimum absolute atomic E-state index is 0.154. The van der Waals surface area contributed by atoms with Crippen LogP contribution < -0.4 is 5.56 Å². The number of hydrogen-bond acceptors (Lipinski definition) is 4. The molecule has 1 atom stereocenters. The summed E-state index contributed by atoms with van der Waals surface area (Å²) in [6.45, 7) is 11.6. The lowest BCUT2D eigenvalue weighted by Crippen LogP contribution is -2.33. The number of unbranched alkanes of at least 4 members (excludes halogenated alkanes) is 3. The number of carbonyl (C=O) groups is 1. The van der Waals surface area contributed by atoms with Crippen molar-refractivity contribution in [3.8, 4) is 0 Å². The van der Waals surface area contributed by atoms with E-state index in [1.807, 2.05) is 4.57 Å². The quantitative estimate of drug-likeness (QED) is 0.399. The van der Waals surface area contributed by atoms with Crippen molar-refractivity contribution >= 4 is 29.1 Å². The third-order valence-electron chi connectivity index (χ3n) is 5.00. The Morgan fingerprint density at radius 3 is 2.46 bits per heavy atom. The van der Waals surface area contributed by atoms with Crippen LogP contribution >= 0.6 is 24.0 Å². The lowest BCUT2D eigenvalue weighted by atomic mass is 9.74. The van der Waals surface area contributed by atoms with Crippen LogP contribution in [0.25, 0.3) is 0 Å². The highest BCUT2D eigenvalue weighted by atomic mass is 32.2. The summed E-state index contributed by atoms with van der Waals surface area (Å²) in [5.74, 6) is 1.80. The third-order valence-corrected chi connectivity index (χ3v) is 6.55. The Morgan fingerprint density at radius 2 is 1.88 bits per heavy atom. The summed E-state index contributed by atoms with van der Waals surface area (Å²) in [7, 11) is 0. The van der Waals surface area contributed by atoms with Crippen molar-refractivity contribution in [1.29, 1.82) is 0 Å². The first-order valence-corrected chi connectivity index (χ1v) is 11.0. The van der Waals surface area contributed by atoms with Crippen molar-refractivity contribution in [1.82, 2.24) is 9.55 Å². The van der Waals surface area contributed by atoms with Gasteiger partial charge in [-0.1, -0.05) is 59.2 Å². The highest BCUT2D eigenvalue weighted by Gasteiger charge is 2.36. The molecule has 1 unspecified atom stereocenters. The lowest BCUT2D eigenvalue weighted by molar-refractivity contribution is -0.122. The summed E-state index contributed by atoms with van der Waals surface area (Å²) in [5, 5.41) is 0.348. The van der Waals surface area contributed by atoms with Crippen LogP contribution in [0.4, 0.5) is 0 Å². The molecule has 1 aromatic rings. The van der Waals surface area contributed by atoms with Gasteiger partial charge in [0.2, 0.25) is 0 Å². The third kappa shape index (κ3) is 7.39. The lowest BCUT2D eigenvalue weighted by Gasteiger charge is -2.33. The molecule has 1 aromatic heterocycles. The van der Waals surface area contributed by atoms with E-state index in [4.69, 9.17) is 12.2 Å². The van der Waals surface area contributed by atoms with Gasteiger partial charge in [0.1, 0.15) is 0 Å². The molecule has 1 N–H and O–H groups in total. The molecular formula is C20H34N2O2S2. The smallest absolute Gasteiger partial charge is 0.251 e. The Hall–Kier alpha value is -0.880. The number of nitrogens with zero attached hydrogens (tertiary/aromatic N) is 1. The van der Waals surface area contributed by atoms with Crippen molar-refractivity contribution in [3.05, 3.63) is 27.4 Å². The number of rotatable bonds is 11. The zero-order valence-corrected chi connectivity index (χ0v) is 18.5. The second-order valence-corrected chi connectivity index (χ2v) is 9.48. The standard InChI is InChI=1S/C20H34N2O2S2/c1-15(2)14-20(5,16(3)4)18(24)26-13-9-7-6-8-11-22-12-10-17(23)21-19(22)25/h10,12,15-16H,6-9,11,13-14H2,1-5H3,(H,21,23,25). The second-order valence-electron chi connectivity index (χ2n) is 8.02. The molecule has 0 saturated carbocycles. The minimum Gasteiger partial charge on any atom is -0.325 e. The summed E-state index contributed by atoms with van der Waals surface area (Å²) >= 11 is 6.65. The van der Waals surface area contributed by atoms with Gasteiger partial charge in [-0.05, 0) is 43.3 Å². The maximum absolute atomic E-state index is 12.7. The van der Waals surface area contributed by atoms with Crippen LogP contribution in [0.2, 0.25) is 0 Å². The van der Waals surface area contributed by atoms with Crippen molar-refractivity contribution in [3.63, 3.8) is 0 Å². The van der Waals surface area contributed by atoms with E-state index in [1.54, 1.807) is 6.20 Å². The van der Waals surface area contributed by atoms with Crippen LogP contribution in [0.5, 0.6) is 0 Å². The van der Waals surface area contributed by atoms with Crippen LogP contribution in [0.1, 0.15) is 66.7 Å². The predicted octanol–water partition coefficient (Wildman–Crippen LogP) is 5.43. The maximum Gasteiger partial charge on any atom is 0.251 e. The number of carbonyl (C=O) groups excluding carboxylic acids is 1. The van der Waals surface area contributed by atoms with Crippen LogP contribution in [0.15, 0.2) is 17.1 Å². The predicted molar refractivity (Wildman–Crippen MR) is 114 cm³/mol. The normalized spacial score (nSPS) is 14.0. The molecule has 1 rings (SSSR count). The Bertz CT molecular complexity index is 679. The fraction of sp³-hybridized carbons (Fsp3) is 0.750. The van der Waals surface area contributed by atoms with E-state index in [1.165, 1.54) is 17.8 Å². The van der Waals surface area contributed by atoms with Crippen molar-refractivity contribution in [2.75, 3.05) is 5.75 Å². The SMILES string of the molecule is CC(C)CC(C)(C(=O)SCCCCCCn1ccc(=O)[nH]c1=S)C(C)C. The van der Waals surface area contributed by atoms with Gasteiger partial charge in [-0.2, -0.15) is 0 Å². The molecule has 0 spiro atoms. The average molecular weight is 399 g/mol. The second kappa shape index (κ2) is 11.1. The monoisotopic (exact) mass is 398 g/mol. The van der Waals surface area contributed by atoms with E-state index in [-0.39, 0.29) is 11.0 Å². The van der Waals surface area contributed by atoms with Gasteiger partial charge in [0.15, 0.2) is 9.89 Å². The summed E-state index contributed by atoms with van der Waals surface area (Å²) in [5.41, 5.74) is -0.377. The molecule has 0 radical (unpaired) electrons. The van der Waals surface area contributed by atoms with Crippen molar-refractivity contribution < 1.29 is 4.79 Å². The molecule has 0 aliphatic rings. The number of H-pyrrole nitrogens is 1. The first-order chi connectivity index (χ1) is 12.2. The highest BCUT2D eigenvalue weighted by Crippen LogP contribution is 2.38. The topological polar surface area (TPSA) is 54.9 Å². The van der Waals surface area contributed by atoms with E-state index in [0.717, 1.165) is 44.4 Å². The van der Waals surface area contributed by atoms with E-state index in [0.29, 0.717) is 21.7 Å². The Labute approximate surface area is 167 Å². The van der Waals surface area contributed by atoms with Crippen LogP contribution in [0.3, 0.4) is 0 Å². The molecule has 0 aliphatic heterocycles. The molecule has 0 aliphatic carbocycles. The highest BCUT2D eigenvalue weighted by molar-refractivity contribution is 8.13. The van der Waals surface area contributed by atoms with Crippen LogP contribution in [-0.4, -0.2) is 20.4 Å². The molecule has 0 aromatic carbocycles. The van der Waals surface area contributed by atoms with Gasteiger partial charge < -0.3 is 4.57 Å². The van der Waals surface area contributed by atoms with E-state index >= 15 is 0 Å². The van der Waals surface area contributed by atoms with Gasteiger partial charge in [0, 0.05) is 30.0 Å². The summed E-state index contributed by atoms with van der Waals surface area (Å²) in [4.78, 5) is 26.5. The van der Waals surface area contributed by atoms with Crippen molar-refractivity contribution in [2.45, 2.75) is 73.3 Å². The first kappa shape index (κ1) is 23.2. The number of aryl methyl sites for hydroxylation is 1. The Balaban J connectivity index is 2.28. The fourth-order valence-electron chi connectivity index (χ4n) is 3.09. The molecule has 148 valence electrons. The number of nitrogens with one attached hydrogen (secondary N) is 1. The Kier molecular flexibility index (Phi) is 9.86. The molecule has 1 heterocycles. The number of hydrogen-bond donors (Lipinski definition) is 1. The molecule has 0 bridgehead atoms. The zero-order valence-electron chi connectivity index (χ0n) is 16.8. The van der Waals surface area contributed by atoms with Crippen LogP contribution in [0, 0.1) is 22.0 Å². The van der Waals surface area contributed by atoms with Crippen molar-refractivity contribution in [2.24, 2.45) is 17.3 Å². The van der Waals surface area contributed by atoms with Gasteiger partial charge in [0.05, 0.1) is 0 Å². The van der Waals surface area contributed by atoms with E-state index < -0.39 is 0 Å². The fourth-order valence-corrected chi connectivity index (χ4v) is 4.53. The minimum atomic E-state index is -0.223. The largest absolute Gasteiger partial charge is 0.325 e. The molecule has 0 fully saturated rings. The molecule has 0 amide bonds. The van der Waals surface area contributed by atoms with E-state index in [2.05, 4.69) is 39.6 Å². The first-order valence-electron chi connectivity index (χ1n) is 9.64. The van der Waals surface area contributed by atoms with E-state index in [9.17, 15) is 9.59 Å². The Morgan fingerprint density at radius 1 is 1.23 bits per heavy atom. The number of thioether (sulfide) groups is 1. The number of aromatic amines is 1. The van der Waals surface area contributed by atoms with Gasteiger partial charge in [-0.25, -0.2) is 0 Å². The summed E-state index contributed by atoms with van der Waals surface area (Å²) < 4.78 is 2.38. The number of aromatic nitrogens is 2. The summed E-state index contributed by atoms with van der Waals surface area (Å²) in [6.07, 6.45) is 7.00.